The zero-order chi connectivity index (χ0) is 22.0. The smallest absolute Gasteiger partial charge is 0.262 e. The Kier molecular flexibility index (Phi) is 5.96. The number of halogens is 1. The molecule has 0 unspecified atom stereocenters. The summed E-state index contributed by atoms with van der Waals surface area (Å²) in [6.45, 7) is 5.94. The van der Waals surface area contributed by atoms with Gasteiger partial charge in [0.1, 0.15) is 11.3 Å². The van der Waals surface area contributed by atoms with Gasteiger partial charge in [0.15, 0.2) is 18.1 Å². The zero-order valence-electron chi connectivity index (χ0n) is 17.7. The molecule has 5 nitrogen and oxygen atoms in total. The molecule has 1 heterocycles. The molecule has 31 heavy (non-hydrogen) atoms. The first-order valence-electron chi connectivity index (χ1n) is 10.0. The molecule has 4 aromatic rings. The third-order valence-corrected chi connectivity index (χ3v) is 5.37. The number of nitrogens with one attached hydrogen (secondary N) is 1. The number of aromatic nitrogens is 1. The fraction of sp³-hybridized carbons (Fsp3) is 0.200. The van der Waals surface area contributed by atoms with Crippen LogP contribution in [0.25, 0.3) is 11.1 Å². The highest BCUT2D eigenvalue weighted by atomic mass is 35.5. The molecule has 3 aromatic carbocycles. The molecule has 4 rings (SSSR count). The maximum Gasteiger partial charge on any atom is 0.262 e. The van der Waals surface area contributed by atoms with Crippen molar-refractivity contribution in [1.29, 1.82) is 0 Å². The van der Waals surface area contributed by atoms with Gasteiger partial charge in [-0.3, -0.25) is 4.79 Å². The van der Waals surface area contributed by atoms with Gasteiger partial charge in [0.05, 0.1) is 0 Å². The Hall–Kier alpha value is -3.31. The normalized spacial score (nSPS) is 11.0. The van der Waals surface area contributed by atoms with Gasteiger partial charge in [0, 0.05) is 17.1 Å². The van der Waals surface area contributed by atoms with Gasteiger partial charge in [0.25, 0.3) is 5.91 Å². The Balaban J connectivity index is 1.35. The van der Waals surface area contributed by atoms with Crippen molar-refractivity contribution in [2.24, 2.45) is 0 Å². The molecule has 0 fully saturated rings. The largest absolute Gasteiger partial charge is 0.483 e. The molecule has 0 saturated carbocycles. The van der Waals surface area contributed by atoms with Crippen molar-refractivity contribution in [3.05, 3.63) is 87.8 Å². The number of hydrogen-bond donors (Lipinski definition) is 1. The van der Waals surface area contributed by atoms with E-state index < -0.39 is 0 Å². The fourth-order valence-corrected chi connectivity index (χ4v) is 3.53. The third-order valence-electron chi connectivity index (χ3n) is 5.14. The number of aryl methyl sites for hydroxylation is 3. The lowest BCUT2D eigenvalue weighted by Gasteiger charge is -2.10. The van der Waals surface area contributed by atoms with Crippen LogP contribution in [0.5, 0.6) is 5.75 Å². The van der Waals surface area contributed by atoms with Crippen LogP contribution in [-0.4, -0.2) is 17.5 Å². The molecule has 0 spiro atoms. The van der Waals surface area contributed by atoms with Crippen LogP contribution in [0.4, 0.5) is 5.69 Å². The van der Waals surface area contributed by atoms with Crippen LogP contribution in [0.1, 0.15) is 28.1 Å². The summed E-state index contributed by atoms with van der Waals surface area (Å²) < 4.78 is 11.5. The highest BCUT2D eigenvalue weighted by Gasteiger charge is 2.10. The molecular formula is C25H23ClN2O3. The predicted octanol–water partition coefficient (Wildman–Crippen LogP) is 6.01. The Bertz CT molecular complexity index is 1210. The van der Waals surface area contributed by atoms with Gasteiger partial charge in [-0.2, -0.15) is 0 Å². The first kappa shape index (κ1) is 20.9. The molecule has 0 aliphatic heterocycles. The van der Waals surface area contributed by atoms with Crippen LogP contribution in [0, 0.1) is 20.8 Å². The van der Waals surface area contributed by atoms with Crippen molar-refractivity contribution in [3.8, 4) is 5.75 Å². The van der Waals surface area contributed by atoms with Crippen LogP contribution in [0.15, 0.2) is 59.0 Å². The zero-order valence-corrected chi connectivity index (χ0v) is 18.4. The van der Waals surface area contributed by atoms with Gasteiger partial charge in [-0.1, -0.05) is 23.7 Å². The van der Waals surface area contributed by atoms with Crippen molar-refractivity contribution in [3.63, 3.8) is 0 Å². The summed E-state index contributed by atoms with van der Waals surface area (Å²) in [5, 5.41) is 3.48. The first-order chi connectivity index (χ1) is 14.9. The molecule has 0 aliphatic carbocycles. The minimum atomic E-state index is -0.230. The monoisotopic (exact) mass is 434 g/mol. The molecule has 1 aromatic heterocycles. The molecule has 0 atom stereocenters. The summed E-state index contributed by atoms with van der Waals surface area (Å²) in [6.07, 6.45) is 0.583. The fourth-order valence-electron chi connectivity index (χ4n) is 3.30. The molecule has 158 valence electrons. The number of ether oxygens (including phenoxy) is 1. The van der Waals surface area contributed by atoms with E-state index in [1.165, 1.54) is 11.1 Å². The van der Waals surface area contributed by atoms with Crippen LogP contribution < -0.4 is 10.1 Å². The predicted molar refractivity (Wildman–Crippen MR) is 123 cm³/mol. The quantitative estimate of drug-likeness (QED) is 0.403. The summed E-state index contributed by atoms with van der Waals surface area (Å²) in [4.78, 5) is 16.8. The Morgan fingerprint density at radius 2 is 1.74 bits per heavy atom. The van der Waals surface area contributed by atoms with Gasteiger partial charge in [-0.15, -0.1) is 0 Å². The summed E-state index contributed by atoms with van der Waals surface area (Å²) in [7, 11) is 0. The molecule has 1 N–H and O–H groups in total. The van der Waals surface area contributed by atoms with E-state index in [9.17, 15) is 4.79 Å². The van der Waals surface area contributed by atoms with Gasteiger partial charge in [-0.25, -0.2) is 4.98 Å². The average Bonchev–Trinajstić information content (AvgIpc) is 3.10. The lowest BCUT2D eigenvalue weighted by atomic mass is 10.1. The SMILES string of the molecule is Cc1cc2nc(Cc3ccc(NC(=O)COc4ccc(Cl)cc4C)cc3)oc2cc1C. The molecule has 6 heteroatoms. The number of carbonyl (C=O) groups is 1. The summed E-state index contributed by atoms with van der Waals surface area (Å²) in [6, 6.07) is 17.0. The first-order valence-corrected chi connectivity index (χ1v) is 10.4. The molecule has 1 amide bonds. The number of nitrogens with zero attached hydrogens (tertiary/aromatic N) is 1. The van der Waals surface area contributed by atoms with Crippen molar-refractivity contribution in [1.82, 2.24) is 4.98 Å². The topological polar surface area (TPSA) is 64.4 Å². The average molecular weight is 435 g/mol. The van der Waals surface area contributed by atoms with Gasteiger partial charge >= 0.3 is 0 Å². The number of anilines is 1. The number of rotatable bonds is 6. The Morgan fingerprint density at radius 1 is 1.00 bits per heavy atom. The van der Waals surface area contributed by atoms with Crippen LogP contribution in [0.3, 0.4) is 0 Å². The number of benzene rings is 3. The Morgan fingerprint density at radius 3 is 2.48 bits per heavy atom. The van der Waals surface area contributed by atoms with E-state index >= 15 is 0 Å². The molecule has 0 saturated heterocycles. The van der Waals surface area contributed by atoms with Gasteiger partial charge < -0.3 is 14.5 Å². The molecule has 0 aliphatic rings. The number of amides is 1. The van der Waals surface area contributed by atoms with Gasteiger partial charge in [0.2, 0.25) is 0 Å². The number of fused-ring (bicyclic) bond motifs is 1. The van der Waals surface area contributed by atoms with E-state index in [1.54, 1.807) is 18.2 Å². The number of carbonyl (C=O) groups excluding carboxylic acids is 1. The van der Waals surface area contributed by atoms with Crippen molar-refractivity contribution in [2.75, 3.05) is 11.9 Å². The second-order valence-electron chi connectivity index (χ2n) is 7.63. The minimum Gasteiger partial charge on any atom is -0.483 e. The number of hydrogen-bond acceptors (Lipinski definition) is 4. The molecule has 0 radical (unpaired) electrons. The van der Waals surface area contributed by atoms with E-state index in [0.717, 1.165) is 22.2 Å². The van der Waals surface area contributed by atoms with E-state index in [4.69, 9.17) is 20.8 Å². The highest BCUT2D eigenvalue weighted by Crippen LogP contribution is 2.23. The van der Waals surface area contributed by atoms with Crippen LogP contribution >= 0.6 is 11.6 Å². The highest BCUT2D eigenvalue weighted by molar-refractivity contribution is 6.30. The minimum absolute atomic E-state index is 0.0774. The van der Waals surface area contributed by atoms with E-state index in [-0.39, 0.29) is 12.5 Å². The summed E-state index contributed by atoms with van der Waals surface area (Å²) in [5.41, 5.74) is 6.69. The summed E-state index contributed by atoms with van der Waals surface area (Å²) >= 11 is 5.94. The van der Waals surface area contributed by atoms with Crippen molar-refractivity contribution >= 4 is 34.3 Å². The maximum absolute atomic E-state index is 12.2. The second kappa shape index (κ2) is 8.82. The van der Waals surface area contributed by atoms with E-state index in [2.05, 4.69) is 24.1 Å². The van der Waals surface area contributed by atoms with Crippen LogP contribution in [0.2, 0.25) is 5.02 Å². The van der Waals surface area contributed by atoms with Crippen molar-refractivity contribution in [2.45, 2.75) is 27.2 Å². The lowest BCUT2D eigenvalue weighted by molar-refractivity contribution is -0.118. The molecular weight excluding hydrogens is 412 g/mol. The number of oxazole rings is 1. The van der Waals surface area contributed by atoms with Gasteiger partial charge in [-0.05, 0) is 85.5 Å². The van der Waals surface area contributed by atoms with E-state index in [1.807, 2.05) is 43.3 Å². The maximum atomic E-state index is 12.2. The second-order valence-corrected chi connectivity index (χ2v) is 8.07. The van der Waals surface area contributed by atoms with Crippen LogP contribution in [-0.2, 0) is 11.2 Å². The standard InChI is InChI=1S/C25H23ClN2O3/c1-15-11-21-23(12-16(15)2)31-25(28-21)13-18-4-7-20(8-5-18)27-24(29)14-30-22-9-6-19(26)10-17(22)3/h4-12H,13-14H2,1-3H3,(H,27,29). The van der Waals surface area contributed by atoms with E-state index in [0.29, 0.717) is 28.8 Å². The third kappa shape index (κ3) is 5.06. The summed E-state index contributed by atoms with van der Waals surface area (Å²) in [5.74, 6) is 1.08. The lowest BCUT2D eigenvalue weighted by Crippen LogP contribution is -2.20. The molecule has 0 bridgehead atoms. The van der Waals surface area contributed by atoms with Crippen molar-refractivity contribution < 1.29 is 13.9 Å². The Labute approximate surface area is 186 Å².